The lowest BCUT2D eigenvalue weighted by Crippen LogP contribution is -2.35. The standard InChI is InChI=1S/C14H15BrN6/c15-11-8-17-21(9-11)12-4-6-19(7-5-12)14-3-1-2-13-18-16-10-20(13)14/h1-3,8-10,12H,4-7H2. The van der Waals surface area contributed by atoms with E-state index < -0.39 is 0 Å². The molecule has 0 spiro atoms. The SMILES string of the molecule is Brc1cnn(C2CCN(c3cccc4nncn34)CC2)c1. The van der Waals surface area contributed by atoms with Gasteiger partial charge in [-0.15, -0.1) is 10.2 Å². The Morgan fingerprint density at radius 2 is 2.05 bits per heavy atom. The molecule has 6 nitrogen and oxygen atoms in total. The lowest BCUT2D eigenvalue weighted by atomic mass is 10.1. The van der Waals surface area contributed by atoms with Gasteiger partial charge in [0.2, 0.25) is 0 Å². The molecule has 0 aliphatic carbocycles. The van der Waals surface area contributed by atoms with Crippen molar-refractivity contribution in [3.8, 4) is 0 Å². The number of aromatic nitrogens is 5. The molecule has 0 N–H and O–H groups in total. The molecule has 1 fully saturated rings. The van der Waals surface area contributed by atoms with Crippen molar-refractivity contribution in [2.24, 2.45) is 0 Å². The average molecular weight is 347 g/mol. The molecule has 0 atom stereocenters. The summed E-state index contributed by atoms with van der Waals surface area (Å²) in [7, 11) is 0. The zero-order chi connectivity index (χ0) is 14.2. The van der Waals surface area contributed by atoms with E-state index in [1.165, 1.54) is 0 Å². The Balaban J connectivity index is 1.53. The van der Waals surface area contributed by atoms with Gasteiger partial charge in [0.15, 0.2) is 5.65 Å². The van der Waals surface area contributed by atoms with Crippen molar-refractivity contribution in [3.05, 3.63) is 41.4 Å². The first kappa shape index (κ1) is 12.8. The van der Waals surface area contributed by atoms with Crippen LogP contribution in [-0.2, 0) is 0 Å². The molecule has 4 heterocycles. The van der Waals surface area contributed by atoms with Gasteiger partial charge in [-0.05, 0) is 40.9 Å². The van der Waals surface area contributed by atoms with Crippen molar-refractivity contribution in [2.45, 2.75) is 18.9 Å². The first-order chi connectivity index (χ1) is 10.3. The van der Waals surface area contributed by atoms with Crippen LogP contribution in [0.4, 0.5) is 5.82 Å². The molecule has 1 aliphatic heterocycles. The van der Waals surface area contributed by atoms with E-state index in [0.29, 0.717) is 6.04 Å². The van der Waals surface area contributed by atoms with Crippen molar-refractivity contribution in [3.63, 3.8) is 0 Å². The predicted octanol–water partition coefficient (Wildman–Crippen LogP) is 2.53. The fraction of sp³-hybridized carbons (Fsp3) is 0.357. The van der Waals surface area contributed by atoms with Gasteiger partial charge in [0.05, 0.1) is 16.7 Å². The second-order valence-electron chi connectivity index (χ2n) is 5.30. The van der Waals surface area contributed by atoms with E-state index in [2.05, 4.69) is 53.1 Å². The smallest absolute Gasteiger partial charge is 0.162 e. The van der Waals surface area contributed by atoms with Gasteiger partial charge in [0.1, 0.15) is 12.1 Å². The van der Waals surface area contributed by atoms with E-state index in [0.717, 1.165) is 41.9 Å². The highest BCUT2D eigenvalue weighted by Crippen LogP contribution is 2.27. The summed E-state index contributed by atoms with van der Waals surface area (Å²) in [6, 6.07) is 6.62. The molecular formula is C14H15BrN6. The largest absolute Gasteiger partial charge is 0.357 e. The fourth-order valence-electron chi connectivity index (χ4n) is 2.97. The summed E-state index contributed by atoms with van der Waals surface area (Å²) < 4.78 is 5.16. The number of halogens is 1. The van der Waals surface area contributed by atoms with Gasteiger partial charge in [-0.25, -0.2) is 0 Å². The third kappa shape index (κ3) is 2.31. The van der Waals surface area contributed by atoms with E-state index in [9.17, 15) is 0 Å². The van der Waals surface area contributed by atoms with Crippen LogP contribution in [0.3, 0.4) is 0 Å². The van der Waals surface area contributed by atoms with Crippen LogP contribution in [0.1, 0.15) is 18.9 Å². The number of nitrogens with zero attached hydrogens (tertiary/aromatic N) is 6. The van der Waals surface area contributed by atoms with Crippen LogP contribution in [0.5, 0.6) is 0 Å². The summed E-state index contributed by atoms with van der Waals surface area (Å²) in [5, 5.41) is 12.5. The Labute approximate surface area is 130 Å². The Kier molecular flexibility index (Phi) is 3.14. The second-order valence-corrected chi connectivity index (χ2v) is 6.22. The van der Waals surface area contributed by atoms with Crippen LogP contribution in [0, 0.1) is 0 Å². The van der Waals surface area contributed by atoms with Gasteiger partial charge in [0.25, 0.3) is 0 Å². The number of anilines is 1. The highest BCUT2D eigenvalue weighted by Gasteiger charge is 2.22. The van der Waals surface area contributed by atoms with Gasteiger partial charge in [-0.1, -0.05) is 6.07 Å². The molecule has 1 aliphatic rings. The van der Waals surface area contributed by atoms with E-state index in [-0.39, 0.29) is 0 Å². The predicted molar refractivity (Wildman–Crippen MR) is 83.4 cm³/mol. The summed E-state index contributed by atoms with van der Waals surface area (Å²) in [5.41, 5.74) is 0.894. The number of piperidine rings is 1. The molecule has 0 saturated carbocycles. The summed E-state index contributed by atoms with van der Waals surface area (Å²) >= 11 is 3.46. The number of hydrogen-bond donors (Lipinski definition) is 0. The molecule has 7 heteroatoms. The van der Waals surface area contributed by atoms with E-state index >= 15 is 0 Å². The lowest BCUT2D eigenvalue weighted by molar-refractivity contribution is 0.365. The minimum Gasteiger partial charge on any atom is -0.357 e. The zero-order valence-corrected chi connectivity index (χ0v) is 13.0. The fourth-order valence-corrected chi connectivity index (χ4v) is 3.27. The molecule has 0 unspecified atom stereocenters. The minimum absolute atomic E-state index is 0.479. The Hall–Kier alpha value is -1.89. The molecular weight excluding hydrogens is 332 g/mol. The Morgan fingerprint density at radius 3 is 2.81 bits per heavy atom. The van der Waals surface area contributed by atoms with E-state index in [1.54, 1.807) is 6.33 Å². The van der Waals surface area contributed by atoms with Crippen LogP contribution in [0.25, 0.3) is 5.65 Å². The molecule has 0 bridgehead atoms. The third-order valence-corrected chi connectivity index (χ3v) is 4.45. The molecule has 3 aromatic rings. The zero-order valence-electron chi connectivity index (χ0n) is 11.4. The Bertz CT molecular complexity index is 756. The topological polar surface area (TPSA) is 51.2 Å². The maximum Gasteiger partial charge on any atom is 0.162 e. The normalized spacial score (nSPS) is 16.7. The van der Waals surface area contributed by atoms with Crippen LogP contribution in [0.2, 0.25) is 0 Å². The molecule has 0 radical (unpaired) electrons. The van der Waals surface area contributed by atoms with Crippen LogP contribution in [-0.4, -0.2) is 37.5 Å². The van der Waals surface area contributed by atoms with Crippen molar-refractivity contribution in [2.75, 3.05) is 18.0 Å². The van der Waals surface area contributed by atoms with Crippen molar-refractivity contribution < 1.29 is 0 Å². The van der Waals surface area contributed by atoms with Crippen LogP contribution < -0.4 is 4.90 Å². The van der Waals surface area contributed by atoms with E-state index in [1.807, 2.05) is 22.7 Å². The molecule has 4 rings (SSSR count). The quantitative estimate of drug-likeness (QED) is 0.715. The maximum atomic E-state index is 4.40. The summed E-state index contributed by atoms with van der Waals surface area (Å²) in [6.07, 6.45) is 7.87. The van der Waals surface area contributed by atoms with Gasteiger partial charge in [-0.2, -0.15) is 5.10 Å². The number of rotatable bonds is 2. The molecule has 3 aromatic heterocycles. The van der Waals surface area contributed by atoms with Gasteiger partial charge in [0, 0.05) is 19.3 Å². The van der Waals surface area contributed by atoms with Crippen molar-refractivity contribution >= 4 is 27.4 Å². The molecule has 0 amide bonds. The highest BCUT2D eigenvalue weighted by atomic mass is 79.9. The number of hydrogen-bond acceptors (Lipinski definition) is 4. The lowest BCUT2D eigenvalue weighted by Gasteiger charge is -2.33. The maximum absolute atomic E-state index is 4.40. The van der Waals surface area contributed by atoms with Crippen LogP contribution >= 0.6 is 15.9 Å². The third-order valence-electron chi connectivity index (χ3n) is 4.04. The van der Waals surface area contributed by atoms with Gasteiger partial charge >= 0.3 is 0 Å². The summed E-state index contributed by atoms with van der Waals surface area (Å²) in [5.74, 6) is 1.16. The first-order valence-corrected chi connectivity index (χ1v) is 7.84. The van der Waals surface area contributed by atoms with E-state index in [4.69, 9.17) is 0 Å². The number of pyridine rings is 1. The first-order valence-electron chi connectivity index (χ1n) is 7.04. The van der Waals surface area contributed by atoms with Crippen LogP contribution in [0.15, 0.2) is 41.4 Å². The number of fused-ring (bicyclic) bond motifs is 1. The molecule has 0 aromatic carbocycles. The Morgan fingerprint density at radius 1 is 1.19 bits per heavy atom. The summed E-state index contributed by atoms with van der Waals surface area (Å²) in [4.78, 5) is 2.39. The highest BCUT2D eigenvalue weighted by molar-refractivity contribution is 9.10. The molecule has 21 heavy (non-hydrogen) atoms. The summed E-state index contributed by atoms with van der Waals surface area (Å²) in [6.45, 7) is 2.03. The van der Waals surface area contributed by atoms with Crippen molar-refractivity contribution in [1.29, 1.82) is 0 Å². The molecule has 1 saturated heterocycles. The minimum atomic E-state index is 0.479. The van der Waals surface area contributed by atoms with Gasteiger partial charge in [-0.3, -0.25) is 9.08 Å². The molecule has 108 valence electrons. The second kappa shape index (κ2) is 5.14. The average Bonchev–Trinajstić information content (AvgIpc) is 3.15. The van der Waals surface area contributed by atoms with Gasteiger partial charge < -0.3 is 4.90 Å². The monoisotopic (exact) mass is 346 g/mol. The van der Waals surface area contributed by atoms with Crippen molar-refractivity contribution in [1.82, 2.24) is 24.4 Å².